The quantitative estimate of drug-likeness (QED) is 0.817. The van der Waals surface area contributed by atoms with E-state index in [2.05, 4.69) is 9.97 Å². The fraction of sp³-hybridized carbons (Fsp3) is 0.167. The monoisotopic (exact) mass is 293 g/mol. The van der Waals surface area contributed by atoms with Gasteiger partial charge in [-0.25, -0.2) is 18.5 Å². The Labute approximate surface area is 115 Å². The van der Waals surface area contributed by atoms with Crippen molar-refractivity contribution < 1.29 is 18.3 Å². The van der Waals surface area contributed by atoms with Gasteiger partial charge in [0.2, 0.25) is 10.0 Å². The number of benzene rings is 1. The summed E-state index contributed by atoms with van der Waals surface area (Å²) in [7, 11) is -2.39. The van der Waals surface area contributed by atoms with E-state index in [1.54, 1.807) is 6.07 Å². The Morgan fingerprint density at radius 2 is 2.10 bits per heavy atom. The van der Waals surface area contributed by atoms with E-state index >= 15 is 0 Å². The third-order valence-corrected chi connectivity index (χ3v) is 4.09. The molecule has 0 radical (unpaired) electrons. The molecule has 1 aliphatic carbocycles. The molecule has 0 bridgehead atoms. The fourth-order valence-electron chi connectivity index (χ4n) is 2.23. The average Bonchev–Trinajstić information content (AvgIpc) is 2.70. The summed E-state index contributed by atoms with van der Waals surface area (Å²) in [5.41, 5.74) is 2.16. The smallest absolute Gasteiger partial charge is 0.316 e. The van der Waals surface area contributed by atoms with E-state index in [1.807, 2.05) is 0 Å². The van der Waals surface area contributed by atoms with E-state index in [-0.39, 0.29) is 10.9 Å². The van der Waals surface area contributed by atoms with E-state index in [4.69, 9.17) is 9.88 Å². The van der Waals surface area contributed by atoms with Crippen molar-refractivity contribution in [1.29, 1.82) is 0 Å². The summed E-state index contributed by atoms with van der Waals surface area (Å²) in [5.74, 6) is 0. The van der Waals surface area contributed by atoms with Crippen molar-refractivity contribution in [3.63, 3.8) is 0 Å². The molecule has 0 saturated carbocycles. The summed E-state index contributed by atoms with van der Waals surface area (Å²) in [6.45, 7) is 0. The van der Waals surface area contributed by atoms with Gasteiger partial charge in [0.05, 0.1) is 17.7 Å². The zero-order valence-electron chi connectivity index (χ0n) is 10.4. The highest BCUT2D eigenvalue weighted by molar-refractivity contribution is 7.89. The van der Waals surface area contributed by atoms with Crippen LogP contribution in [0.5, 0.6) is 6.01 Å². The number of nitrogens with zero attached hydrogens (tertiary/aromatic N) is 2. The molecule has 2 aromatic rings. The summed E-state index contributed by atoms with van der Waals surface area (Å²) in [4.78, 5) is 8.03. The molecule has 0 fully saturated rings. The molecule has 3 N–H and O–H groups in total. The van der Waals surface area contributed by atoms with Crippen LogP contribution in [0.3, 0.4) is 0 Å². The van der Waals surface area contributed by atoms with Gasteiger partial charge in [-0.3, -0.25) is 0 Å². The first-order chi connectivity index (χ1) is 9.41. The molecule has 1 heterocycles. The van der Waals surface area contributed by atoms with Crippen molar-refractivity contribution in [2.45, 2.75) is 11.0 Å². The highest BCUT2D eigenvalue weighted by Gasteiger charge is 2.30. The van der Waals surface area contributed by atoms with Gasteiger partial charge >= 0.3 is 6.01 Å². The van der Waals surface area contributed by atoms with Crippen molar-refractivity contribution in [2.75, 3.05) is 7.11 Å². The van der Waals surface area contributed by atoms with Gasteiger partial charge in [-0.2, -0.15) is 4.98 Å². The van der Waals surface area contributed by atoms with Crippen molar-refractivity contribution in [2.24, 2.45) is 5.14 Å². The SMILES string of the molecule is COc1ncc2c(n1)C(O)c1cc(S(N)(=O)=O)ccc1-2. The normalized spacial score (nSPS) is 16.6. The number of primary sulfonamides is 1. The molecule has 3 rings (SSSR count). The number of hydrogen-bond donors (Lipinski definition) is 2. The number of nitrogens with two attached hydrogens (primary N) is 1. The van der Waals surface area contributed by atoms with Gasteiger partial charge in [0.25, 0.3) is 0 Å². The van der Waals surface area contributed by atoms with Crippen LogP contribution in [0.4, 0.5) is 0 Å². The maximum absolute atomic E-state index is 11.4. The van der Waals surface area contributed by atoms with Gasteiger partial charge in [-0.15, -0.1) is 0 Å². The Morgan fingerprint density at radius 1 is 1.35 bits per heavy atom. The lowest BCUT2D eigenvalue weighted by Crippen LogP contribution is -2.12. The number of sulfonamides is 1. The Morgan fingerprint density at radius 3 is 2.75 bits per heavy atom. The molecule has 104 valence electrons. The van der Waals surface area contributed by atoms with Crippen LogP contribution in [-0.4, -0.2) is 30.6 Å². The van der Waals surface area contributed by atoms with Crippen LogP contribution in [0, 0.1) is 0 Å². The number of aromatic nitrogens is 2. The molecule has 0 spiro atoms. The van der Waals surface area contributed by atoms with Gasteiger partial charge in [0.1, 0.15) is 6.10 Å². The van der Waals surface area contributed by atoms with Crippen molar-refractivity contribution in [3.8, 4) is 17.1 Å². The average molecular weight is 293 g/mol. The Hall–Kier alpha value is -2.03. The van der Waals surface area contributed by atoms with Gasteiger partial charge in [0, 0.05) is 11.8 Å². The van der Waals surface area contributed by atoms with Gasteiger partial charge in [-0.1, -0.05) is 6.07 Å². The highest BCUT2D eigenvalue weighted by atomic mass is 32.2. The topological polar surface area (TPSA) is 115 Å². The minimum atomic E-state index is -3.82. The largest absolute Gasteiger partial charge is 0.467 e. The number of ether oxygens (including phenoxy) is 1. The summed E-state index contributed by atoms with van der Waals surface area (Å²) in [6.07, 6.45) is 0.505. The zero-order chi connectivity index (χ0) is 14.5. The molecule has 0 amide bonds. The first kappa shape index (κ1) is 13.0. The molecule has 8 heteroatoms. The molecule has 7 nitrogen and oxygen atoms in total. The van der Waals surface area contributed by atoms with E-state index in [0.717, 1.165) is 0 Å². The third-order valence-electron chi connectivity index (χ3n) is 3.17. The second kappa shape index (κ2) is 4.23. The van der Waals surface area contributed by atoms with Gasteiger partial charge in [0.15, 0.2) is 0 Å². The van der Waals surface area contributed by atoms with Crippen molar-refractivity contribution in [1.82, 2.24) is 9.97 Å². The van der Waals surface area contributed by atoms with E-state index in [0.29, 0.717) is 22.4 Å². The molecular formula is C12H11N3O4S. The van der Waals surface area contributed by atoms with E-state index in [1.165, 1.54) is 25.4 Å². The number of aliphatic hydroxyl groups is 1. The van der Waals surface area contributed by atoms with Gasteiger partial charge in [-0.05, 0) is 23.3 Å². The number of hydrogen-bond acceptors (Lipinski definition) is 6. The van der Waals surface area contributed by atoms with Crippen LogP contribution < -0.4 is 9.88 Å². The number of fused-ring (bicyclic) bond motifs is 3. The molecule has 1 aromatic carbocycles. The van der Waals surface area contributed by atoms with Crippen LogP contribution in [0.2, 0.25) is 0 Å². The lowest BCUT2D eigenvalue weighted by atomic mass is 10.1. The molecule has 1 unspecified atom stereocenters. The first-order valence-corrected chi connectivity index (χ1v) is 7.22. The summed E-state index contributed by atoms with van der Waals surface area (Å²) in [6, 6.07) is 4.46. The van der Waals surface area contributed by atoms with Crippen LogP contribution in [-0.2, 0) is 10.0 Å². The van der Waals surface area contributed by atoms with Crippen molar-refractivity contribution >= 4 is 10.0 Å². The molecule has 1 atom stereocenters. The molecule has 0 saturated heterocycles. The summed E-state index contributed by atoms with van der Waals surface area (Å²) < 4.78 is 27.6. The number of methoxy groups -OCH3 is 1. The number of aliphatic hydroxyl groups excluding tert-OH is 1. The van der Waals surface area contributed by atoms with Gasteiger partial charge < -0.3 is 9.84 Å². The third kappa shape index (κ3) is 1.85. The molecule has 1 aromatic heterocycles. The molecular weight excluding hydrogens is 282 g/mol. The summed E-state index contributed by atoms with van der Waals surface area (Å²) >= 11 is 0. The highest BCUT2D eigenvalue weighted by Crippen LogP contribution is 2.43. The van der Waals surface area contributed by atoms with Crippen LogP contribution in [0.15, 0.2) is 29.3 Å². The molecule has 20 heavy (non-hydrogen) atoms. The second-order valence-electron chi connectivity index (χ2n) is 4.35. The van der Waals surface area contributed by atoms with Crippen LogP contribution >= 0.6 is 0 Å². The minimum absolute atomic E-state index is 0.0527. The molecule has 1 aliphatic rings. The standard InChI is InChI=1S/C12H11N3O4S/c1-19-12-14-5-9-7-3-2-6(20(13,17)18)4-8(7)11(16)10(9)15-12/h2-5,11,16H,1H3,(H2,13,17,18). The van der Waals surface area contributed by atoms with Crippen molar-refractivity contribution in [3.05, 3.63) is 35.7 Å². The Balaban J connectivity index is 2.20. The number of rotatable bonds is 2. The minimum Gasteiger partial charge on any atom is -0.467 e. The Kier molecular flexibility index (Phi) is 2.75. The zero-order valence-corrected chi connectivity index (χ0v) is 11.3. The molecule has 0 aliphatic heterocycles. The predicted molar refractivity (Wildman–Crippen MR) is 69.5 cm³/mol. The second-order valence-corrected chi connectivity index (χ2v) is 5.91. The van der Waals surface area contributed by atoms with Crippen LogP contribution in [0.1, 0.15) is 17.4 Å². The Bertz CT molecular complexity index is 804. The van der Waals surface area contributed by atoms with E-state index < -0.39 is 16.1 Å². The predicted octanol–water partition coefficient (Wildman–Crippen LogP) is 0.195. The first-order valence-electron chi connectivity index (χ1n) is 5.68. The maximum Gasteiger partial charge on any atom is 0.316 e. The lowest BCUT2D eigenvalue weighted by Gasteiger charge is -2.06. The maximum atomic E-state index is 11.4. The van der Waals surface area contributed by atoms with Crippen LogP contribution in [0.25, 0.3) is 11.1 Å². The summed E-state index contributed by atoms with van der Waals surface area (Å²) in [5, 5.41) is 15.4. The fourth-order valence-corrected chi connectivity index (χ4v) is 2.78. The van der Waals surface area contributed by atoms with E-state index in [9.17, 15) is 13.5 Å². The lowest BCUT2D eigenvalue weighted by molar-refractivity contribution is 0.218.